The summed E-state index contributed by atoms with van der Waals surface area (Å²) in [5.41, 5.74) is 0. The first-order chi connectivity index (χ1) is 5.74. The van der Waals surface area contributed by atoms with Crippen LogP contribution in [0.5, 0.6) is 0 Å². The number of ether oxygens (including phenoxy) is 2. The van der Waals surface area contributed by atoms with E-state index >= 15 is 0 Å². The third-order valence-electron chi connectivity index (χ3n) is 1.68. The molecule has 0 aliphatic rings. The van der Waals surface area contributed by atoms with Crippen molar-refractivity contribution in [2.24, 2.45) is 0 Å². The van der Waals surface area contributed by atoms with Crippen LogP contribution in [-0.4, -0.2) is 35.7 Å². The lowest BCUT2D eigenvalue weighted by molar-refractivity contribution is -0.324. The van der Waals surface area contributed by atoms with Crippen molar-refractivity contribution in [3.05, 3.63) is 0 Å². The summed E-state index contributed by atoms with van der Waals surface area (Å²) in [5, 5.41) is 0. The van der Waals surface area contributed by atoms with E-state index in [-0.39, 0.29) is 0 Å². The molecule has 0 rings (SSSR count). The van der Waals surface area contributed by atoms with Crippen molar-refractivity contribution in [2.75, 3.05) is 20.0 Å². The van der Waals surface area contributed by atoms with Crippen molar-refractivity contribution in [1.29, 1.82) is 0 Å². The van der Waals surface area contributed by atoms with Gasteiger partial charge in [-0.15, -0.1) is 0 Å². The highest BCUT2D eigenvalue weighted by Gasteiger charge is 2.27. The Hall–Kier alpha value is 0.447. The van der Waals surface area contributed by atoms with Gasteiger partial charge in [0.2, 0.25) is 0 Å². The van der Waals surface area contributed by atoms with Gasteiger partial charge in [-0.1, -0.05) is 6.92 Å². The van der Waals surface area contributed by atoms with E-state index in [1.807, 2.05) is 6.92 Å². The Labute approximate surface area is 82.1 Å². The van der Waals surface area contributed by atoms with Gasteiger partial charge in [0.05, 0.1) is 0 Å². The minimum absolute atomic E-state index is 0.552. The highest BCUT2D eigenvalue weighted by molar-refractivity contribution is 7.80. The van der Waals surface area contributed by atoms with Crippen LogP contribution in [0, 0.1) is 0 Å². The molecule has 0 aromatic heterocycles. The maximum atomic E-state index is 5.56. The predicted octanol–water partition coefficient (Wildman–Crippen LogP) is 0.791. The van der Waals surface area contributed by atoms with Crippen LogP contribution in [0.3, 0.4) is 0 Å². The zero-order chi connectivity index (χ0) is 9.45. The van der Waals surface area contributed by atoms with E-state index in [0.717, 1.165) is 11.8 Å². The molecule has 0 amide bonds. The number of rotatable bonds is 7. The smallest absolute Gasteiger partial charge is 0.272 e. The molecular formula is C7H18O3SSi. The molecule has 0 unspecified atom stereocenters. The zero-order valence-electron chi connectivity index (χ0n) is 8.00. The maximum absolute atomic E-state index is 5.56. The molecule has 0 radical (unpaired) electrons. The first-order valence-corrected chi connectivity index (χ1v) is 6.30. The number of hydrogen-bond acceptors (Lipinski definition) is 4. The molecule has 0 aromatic carbocycles. The van der Waals surface area contributed by atoms with Crippen LogP contribution in [0.2, 0.25) is 6.04 Å². The molecule has 3 nitrogen and oxygen atoms in total. The van der Waals surface area contributed by atoms with Gasteiger partial charge in [-0.25, -0.2) is 0 Å². The molecule has 0 aromatic rings. The van der Waals surface area contributed by atoms with Gasteiger partial charge in [0.1, 0.15) is 0 Å². The molecular weight excluding hydrogens is 192 g/mol. The molecule has 0 spiro atoms. The quantitative estimate of drug-likeness (QED) is 0.291. The topological polar surface area (TPSA) is 27.7 Å². The second kappa shape index (κ2) is 6.91. The molecule has 0 saturated heterocycles. The van der Waals surface area contributed by atoms with Crippen molar-refractivity contribution in [2.45, 2.75) is 25.4 Å². The average Bonchev–Trinajstić information content (AvgIpc) is 2.14. The van der Waals surface area contributed by atoms with E-state index in [4.69, 9.17) is 13.9 Å². The monoisotopic (exact) mass is 210 g/mol. The summed E-state index contributed by atoms with van der Waals surface area (Å²) in [6, 6.07) is 1.04. The highest BCUT2D eigenvalue weighted by Crippen LogP contribution is 2.16. The molecule has 12 heavy (non-hydrogen) atoms. The van der Waals surface area contributed by atoms with Gasteiger partial charge in [0.15, 0.2) is 9.76 Å². The Morgan fingerprint density at radius 2 is 1.92 bits per heavy atom. The molecule has 0 aliphatic heterocycles. The number of hydrogen-bond donors (Lipinski definition) is 1. The van der Waals surface area contributed by atoms with Crippen molar-refractivity contribution in [1.82, 2.24) is 0 Å². The van der Waals surface area contributed by atoms with Crippen LogP contribution in [0.1, 0.15) is 13.3 Å². The van der Waals surface area contributed by atoms with Crippen LogP contribution in [0.15, 0.2) is 0 Å². The summed E-state index contributed by atoms with van der Waals surface area (Å²) in [6.07, 6.45) is 0.708. The molecule has 0 heterocycles. The van der Waals surface area contributed by atoms with Gasteiger partial charge >= 0.3 is 0 Å². The van der Waals surface area contributed by atoms with Crippen molar-refractivity contribution in [3.8, 4) is 0 Å². The minimum atomic E-state index is -0.796. The van der Waals surface area contributed by atoms with Crippen molar-refractivity contribution in [3.63, 3.8) is 0 Å². The zero-order valence-corrected chi connectivity index (χ0v) is 10.3. The molecule has 0 bridgehead atoms. The molecule has 74 valence electrons. The lowest BCUT2D eigenvalue weighted by Crippen LogP contribution is -2.37. The maximum Gasteiger partial charge on any atom is 0.272 e. The van der Waals surface area contributed by atoms with E-state index < -0.39 is 15.7 Å². The summed E-state index contributed by atoms with van der Waals surface area (Å²) < 4.78 is 15.9. The van der Waals surface area contributed by atoms with E-state index in [1.54, 1.807) is 14.2 Å². The number of methoxy groups -OCH3 is 2. The Morgan fingerprint density at radius 3 is 2.25 bits per heavy atom. The molecule has 0 fully saturated rings. The fraction of sp³-hybridized carbons (Fsp3) is 1.00. The summed E-state index contributed by atoms with van der Waals surface area (Å²) >= 11 is 4.11. The summed E-state index contributed by atoms with van der Waals surface area (Å²) in [5.74, 6) is 0.0780. The van der Waals surface area contributed by atoms with Crippen LogP contribution < -0.4 is 0 Å². The van der Waals surface area contributed by atoms with E-state index in [9.17, 15) is 0 Å². The third kappa shape index (κ3) is 3.91. The fourth-order valence-electron chi connectivity index (χ4n) is 0.884. The molecule has 0 aliphatic carbocycles. The Bertz CT molecular complexity index is 101. The third-order valence-corrected chi connectivity index (χ3v) is 3.88. The van der Waals surface area contributed by atoms with Crippen LogP contribution in [0.4, 0.5) is 0 Å². The normalized spacial score (nSPS) is 13.0. The Morgan fingerprint density at radius 1 is 1.33 bits per heavy atom. The number of thiol groups is 1. The molecule has 0 N–H and O–H groups in total. The average molecular weight is 210 g/mol. The minimum Gasteiger partial charge on any atom is -0.376 e. The van der Waals surface area contributed by atoms with Crippen LogP contribution >= 0.6 is 12.6 Å². The van der Waals surface area contributed by atoms with Crippen molar-refractivity contribution >= 4 is 22.4 Å². The largest absolute Gasteiger partial charge is 0.376 e. The Balaban J connectivity index is 3.76. The van der Waals surface area contributed by atoms with Gasteiger partial charge in [0.25, 0.3) is 5.97 Å². The van der Waals surface area contributed by atoms with Gasteiger partial charge in [-0.2, -0.15) is 12.6 Å². The standard InChI is InChI=1S/C7H18O3SSi/c1-4-7(8-2,9-3)10-12-6-5-11/h11H,4-6,12H2,1-3H3. The van der Waals surface area contributed by atoms with E-state index in [1.165, 1.54) is 0 Å². The lowest BCUT2D eigenvalue weighted by atomic mass is 10.4. The van der Waals surface area contributed by atoms with Gasteiger partial charge in [0, 0.05) is 20.6 Å². The predicted molar refractivity (Wildman–Crippen MR) is 55.3 cm³/mol. The van der Waals surface area contributed by atoms with Crippen molar-refractivity contribution < 1.29 is 13.9 Å². The summed E-state index contributed by atoms with van der Waals surface area (Å²) in [4.78, 5) is 0. The first-order valence-electron chi connectivity index (χ1n) is 4.09. The summed E-state index contributed by atoms with van der Waals surface area (Å²) in [6.45, 7) is 1.97. The molecule has 0 atom stereocenters. The summed E-state index contributed by atoms with van der Waals surface area (Å²) in [7, 11) is 2.65. The molecule has 0 saturated carbocycles. The fourth-order valence-corrected chi connectivity index (χ4v) is 2.30. The van der Waals surface area contributed by atoms with E-state index in [2.05, 4.69) is 12.6 Å². The van der Waals surface area contributed by atoms with Gasteiger partial charge in [-0.05, 0) is 11.8 Å². The lowest BCUT2D eigenvalue weighted by Gasteiger charge is -2.29. The molecule has 5 heteroatoms. The van der Waals surface area contributed by atoms with Gasteiger partial charge in [-0.3, -0.25) is 0 Å². The van der Waals surface area contributed by atoms with E-state index in [0.29, 0.717) is 6.42 Å². The first kappa shape index (κ1) is 12.4. The highest BCUT2D eigenvalue weighted by atomic mass is 32.1. The Kier molecular flexibility index (Phi) is 7.17. The SMILES string of the molecule is CCC(OC)(OC)O[SiH2]CCS. The van der Waals surface area contributed by atoms with Gasteiger partial charge < -0.3 is 13.9 Å². The second-order valence-electron chi connectivity index (χ2n) is 2.37. The van der Waals surface area contributed by atoms with Crippen LogP contribution in [-0.2, 0) is 13.9 Å². The van der Waals surface area contributed by atoms with Crippen LogP contribution in [0.25, 0.3) is 0 Å². The second-order valence-corrected chi connectivity index (χ2v) is 4.22.